The van der Waals surface area contributed by atoms with E-state index in [0.717, 1.165) is 13.0 Å². The van der Waals surface area contributed by atoms with Crippen molar-refractivity contribution in [2.24, 2.45) is 0 Å². The summed E-state index contributed by atoms with van der Waals surface area (Å²) in [7, 11) is 0. The molecule has 0 aromatic carbocycles. The lowest BCUT2D eigenvalue weighted by Gasteiger charge is -2.35. The van der Waals surface area contributed by atoms with Gasteiger partial charge in [-0.3, -0.25) is 0 Å². The third kappa shape index (κ3) is 2.56. The van der Waals surface area contributed by atoms with Crippen LogP contribution >= 0.6 is 11.6 Å². The maximum Gasteiger partial charge on any atom is 0.258 e. The maximum atomic E-state index is 6.00. The van der Waals surface area contributed by atoms with Gasteiger partial charge in [0.2, 0.25) is 11.2 Å². The van der Waals surface area contributed by atoms with Gasteiger partial charge in [-0.1, -0.05) is 6.92 Å². The van der Waals surface area contributed by atoms with Crippen LogP contribution in [0.25, 0.3) is 5.95 Å². The second-order valence-electron chi connectivity index (χ2n) is 4.37. The van der Waals surface area contributed by atoms with Crippen molar-refractivity contribution in [1.29, 1.82) is 0 Å². The minimum Gasteiger partial charge on any atom is -0.377 e. The van der Waals surface area contributed by atoms with Crippen LogP contribution in [-0.4, -0.2) is 55.5 Å². The van der Waals surface area contributed by atoms with Crippen molar-refractivity contribution in [3.8, 4) is 5.95 Å². The van der Waals surface area contributed by atoms with E-state index in [0.29, 0.717) is 25.1 Å². The van der Waals surface area contributed by atoms with Crippen molar-refractivity contribution in [2.45, 2.75) is 19.4 Å². The van der Waals surface area contributed by atoms with Crippen LogP contribution in [-0.2, 0) is 4.74 Å². The number of morpholine rings is 1. The standard InChI is InChI=1S/C11H14ClN7O/c1-2-8-5-20-4-3-18(8)10-15-9(12)16-11(17-10)19-7-13-6-14-19/h6-8H,2-5H2,1H3. The molecular formula is C11H14ClN7O. The van der Waals surface area contributed by atoms with Crippen molar-refractivity contribution >= 4 is 17.5 Å². The van der Waals surface area contributed by atoms with E-state index in [9.17, 15) is 0 Å². The van der Waals surface area contributed by atoms with Crippen LogP contribution in [0, 0.1) is 0 Å². The SMILES string of the molecule is CCC1COCCN1c1nc(Cl)nc(-n2cncn2)n1. The summed E-state index contributed by atoms with van der Waals surface area (Å²) in [6, 6.07) is 0.241. The van der Waals surface area contributed by atoms with Crippen LogP contribution in [0.2, 0.25) is 5.28 Å². The van der Waals surface area contributed by atoms with E-state index in [1.165, 1.54) is 17.3 Å². The molecule has 0 aliphatic carbocycles. The summed E-state index contributed by atoms with van der Waals surface area (Å²) in [5, 5.41) is 4.14. The molecule has 1 aliphatic rings. The Labute approximate surface area is 120 Å². The van der Waals surface area contributed by atoms with E-state index in [4.69, 9.17) is 16.3 Å². The van der Waals surface area contributed by atoms with Gasteiger partial charge in [0.1, 0.15) is 12.7 Å². The summed E-state index contributed by atoms with van der Waals surface area (Å²) in [6.45, 7) is 4.15. The van der Waals surface area contributed by atoms with Crippen molar-refractivity contribution in [1.82, 2.24) is 29.7 Å². The Bertz CT molecular complexity index is 576. The van der Waals surface area contributed by atoms with E-state index in [2.05, 4.69) is 36.9 Å². The third-order valence-corrected chi connectivity index (χ3v) is 3.33. The Morgan fingerprint density at radius 2 is 2.20 bits per heavy atom. The van der Waals surface area contributed by atoms with Gasteiger partial charge < -0.3 is 9.64 Å². The average molecular weight is 296 g/mol. The predicted molar refractivity (Wildman–Crippen MR) is 72.0 cm³/mol. The summed E-state index contributed by atoms with van der Waals surface area (Å²) >= 11 is 6.00. The summed E-state index contributed by atoms with van der Waals surface area (Å²) < 4.78 is 6.94. The number of aromatic nitrogens is 6. The second kappa shape index (κ2) is 5.68. The summed E-state index contributed by atoms with van der Waals surface area (Å²) in [5.41, 5.74) is 0. The maximum absolute atomic E-state index is 6.00. The number of ether oxygens (including phenoxy) is 1. The molecule has 1 fully saturated rings. The first-order valence-electron chi connectivity index (χ1n) is 6.39. The summed E-state index contributed by atoms with van der Waals surface area (Å²) in [4.78, 5) is 18.7. The van der Waals surface area contributed by atoms with Crippen LogP contribution in [0.5, 0.6) is 0 Å². The first-order valence-corrected chi connectivity index (χ1v) is 6.76. The Balaban J connectivity index is 1.96. The van der Waals surface area contributed by atoms with E-state index >= 15 is 0 Å². The zero-order valence-electron chi connectivity index (χ0n) is 11.0. The van der Waals surface area contributed by atoms with Crippen molar-refractivity contribution in [3.05, 3.63) is 17.9 Å². The fourth-order valence-electron chi connectivity index (χ4n) is 2.13. The number of hydrogen-bond acceptors (Lipinski definition) is 7. The van der Waals surface area contributed by atoms with E-state index < -0.39 is 0 Å². The lowest BCUT2D eigenvalue weighted by atomic mass is 10.2. The lowest BCUT2D eigenvalue weighted by Crippen LogP contribution is -2.46. The molecule has 9 heteroatoms. The van der Waals surface area contributed by atoms with E-state index in [1.807, 2.05) is 0 Å². The van der Waals surface area contributed by atoms with Gasteiger partial charge in [0, 0.05) is 6.54 Å². The van der Waals surface area contributed by atoms with Gasteiger partial charge in [-0.25, -0.2) is 4.98 Å². The van der Waals surface area contributed by atoms with E-state index in [1.54, 1.807) is 0 Å². The van der Waals surface area contributed by atoms with Crippen molar-refractivity contribution in [2.75, 3.05) is 24.7 Å². The number of rotatable bonds is 3. The number of anilines is 1. The molecule has 1 unspecified atom stereocenters. The first kappa shape index (κ1) is 13.2. The molecule has 2 aromatic heterocycles. The van der Waals surface area contributed by atoms with Gasteiger partial charge in [0.15, 0.2) is 0 Å². The molecule has 106 valence electrons. The van der Waals surface area contributed by atoms with Gasteiger partial charge in [0.05, 0.1) is 19.3 Å². The van der Waals surface area contributed by atoms with Gasteiger partial charge >= 0.3 is 0 Å². The highest BCUT2D eigenvalue weighted by Gasteiger charge is 2.25. The Morgan fingerprint density at radius 1 is 1.35 bits per heavy atom. The number of nitrogens with zero attached hydrogens (tertiary/aromatic N) is 7. The monoisotopic (exact) mass is 295 g/mol. The van der Waals surface area contributed by atoms with Crippen LogP contribution < -0.4 is 4.90 Å². The zero-order valence-corrected chi connectivity index (χ0v) is 11.7. The molecule has 0 bridgehead atoms. The number of hydrogen-bond donors (Lipinski definition) is 0. The molecule has 0 spiro atoms. The van der Waals surface area contributed by atoms with Crippen LogP contribution in [0.1, 0.15) is 13.3 Å². The Kier molecular flexibility index (Phi) is 3.75. The van der Waals surface area contributed by atoms with Crippen molar-refractivity contribution < 1.29 is 4.74 Å². The van der Waals surface area contributed by atoms with Gasteiger partial charge in [-0.15, -0.1) is 0 Å². The van der Waals surface area contributed by atoms with Crippen molar-refractivity contribution in [3.63, 3.8) is 0 Å². The van der Waals surface area contributed by atoms with Gasteiger partial charge in [-0.2, -0.15) is 24.7 Å². The van der Waals surface area contributed by atoms with Gasteiger partial charge in [-0.05, 0) is 18.0 Å². The molecule has 8 nitrogen and oxygen atoms in total. The largest absolute Gasteiger partial charge is 0.377 e. The Morgan fingerprint density at radius 3 is 2.95 bits per heavy atom. The van der Waals surface area contributed by atoms with E-state index in [-0.39, 0.29) is 11.3 Å². The third-order valence-electron chi connectivity index (χ3n) is 3.16. The molecule has 1 saturated heterocycles. The smallest absolute Gasteiger partial charge is 0.258 e. The molecule has 0 radical (unpaired) electrons. The minimum atomic E-state index is 0.141. The highest BCUT2D eigenvalue weighted by Crippen LogP contribution is 2.19. The number of halogens is 1. The molecule has 0 N–H and O–H groups in total. The molecule has 0 amide bonds. The van der Waals surface area contributed by atoms with Crippen LogP contribution in [0.3, 0.4) is 0 Å². The van der Waals surface area contributed by atoms with Crippen LogP contribution in [0.15, 0.2) is 12.7 Å². The molecule has 0 saturated carbocycles. The topological polar surface area (TPSA) is 81.9 Å². The molecule has 3 rings (SSSR count). The average Bonchev–Trinajstić information content (AvgIpc) is 3.01. The normalized spacial score (nSPS) is 19.3. The zero-order chi connectivity index (χ0) is 13.9. The quantitative estimate of drug-likeness (QED) is 0.825. The summed E-state index contributed by atoms with van der Waals surface area (Å²) in [5.74, 6) is 0.907. The fourth-order valence-corrected chi connectivity index (χ4v) is 2.28. The Hall–Kier alpha value is -1.80. The van der Waals surface area contributed by atoms with Gasteiger partial charge in [0.25, 0.3) is 5.95 Å². The molecular weight excluding hydrogens is 282 g/mol. The fraction of sp³-hybridized carbons (Fsp3) is 0.545. The highest BCUT2D eigenvalue weighted by atomic mass is 35.5. The summed E-state index contributed by atoms with van der Waals surface area (Å²) in [6.07, 6.45) is 3.88. The second-order valence-corrected chi connectivity index (χ2v) is 4.71. The minimum absolute atomic E-state index is 0.141. The highest BCUT2D eigenvalue weighted by molar-refractivity contribution is 6.28. The molecule has 1 aliphatic heterocycles. The molecule has 1 atom stereocenters. The van der Waals surface area contributed by atoms with Crippen LogP contribution in [0.4, 0.5) is 5.95 Å². The molecule has 2 aromatic rings. The molecule has 20 heavy (non-hydrogen) atoms. The first-order chi connectivity index (χ1) is 9.78. The predicted octanol–water partition coefficient (Wildman–Crippen LogP) is 0.721. The lowest BCUT2D eigenvalue weighted by molar-refractivity contribution is 0.0920. The molecule has 3 heterocycles.